The molecular weight excluding hydrogens is 366 g/mol. The zero-order valence-electron chi connectivity index (χ0n) is 12.3. The molecule has 1 fully saturated rings. The lowest BCUT2D eigenvalue weighted by Crippen LogP contribution is -2.22. The van der Waals surface area contributed by atoms with Gasteiger partial charge in [-0.25, -0.2) is 0 Å². The average molecular weight is 382 g/mol. The summed E-state index contributed by atoms with van der Waals surface area (Å²) in [7, 11) is 0. The molecule has 1 aliphatic heterocycles. The predicted molar refractivity (Wildman–Crippen MR) is 92.0 cm³/mol. The third kappa shape index (κ3) is 2.67. The fourth-order valence-corrected chi connectivity index (χ4v) is 3.42. The molecule has 0 bridgehead atoms. The highest BCUT2D eigenvalue weighted by Crippen LogP contribution is 2.45. The van der Waals surface area contributed by atoms with Crippen LogP contribution in [0.5, 0.6) is 5.88 Å². The number of azo groups is 1. The molecule has 0 spiro atoms. The van der Waals surface area contributed by atoms with E-state index < -0.39 is 0 Å². The molecule has 1 aromatic carbocycles. The first-order valence-electron chi connectivity index (χ1n) is 7.04. The SMILES string of the molecule is CC(C)C(=O)N=Nc1c(O)n(C2CSC2)c2ccc(Br)cc12. The number of carbonyl (C=O) groups is 1. The van der Waals surface area contributed by atoms with Crippen molar-refractivity contribution in [3.63, 3.8) is 0 Å². The number of benzene rings is 1. The Bertz CT molecular complexity index is 766. The summed E-state index contributed by atoms with van der Waals surface area (Å²) < 4.78 is 2.79. The lowest BCUT2D eigenvalue weighted by Gasteiger charge is -2.27. The quantitative estimate of drug-likeness (QED) is 0.785. The van der Waals surface area contributed by atoms with Gasteiger partial charge in [0.25, 0.3) is 5.91 Å². The molecule has 0 saturated carbocycles. The topological polar surface area (TPSA) is 66.9 Å². The van der Waals surface area contributed by atoms with Crippen LogP contribution in [-0.2, 0) is 4.79 Å². The maximum absolute atomic E-state index is 11.7. The molecule has 1 aromatic heterocycles. The molecule has 1 saturated heterocycles. The Morgan fingerprint density at radius 2 is 2.18 bits per heavy atom. The van der Waals surface area contributed by atoms with Gasteiger partial charge in [0.2, 0.25) is 5.88 Å². The molecule has 2 aromatic rings. The molecule has 5 nitrogen and oxygen atoms in total. The molecule has 0 atom stereocenters. The minimum atomic E-state index is -0.297. The average Bonchev–Trinajstić information content (AvgIpc) is 2.67. The molecule has 1 aliphatic rings. The van der Waals surface area contributed by atoms with Crippen LogP contribution in [0.4, 0.5) is 5.69 Å². The van der Waals surface area contributed by atoms with Crippen molar-refractivity contribution in [3.8, 4) is 5.88 Å². The first kappa shape index (κ1) is 15.6. The molecule has 0 aliphatic carbocycles. The van der Waals surface area contributed by atoms with Crippen LogP contribution in [0.25, 0.3) is 10.9 Å². The fraction of sp³-hybridized carbons (Fsp3) is 0.400. The molecule has 7 heteroatoms. The summed E-state index contributed by atoms with van der Waals surface area (Å²) in [5.41, 5.74) is 1.28. The fourth-order valence-electron chi connectivity index (χ4n) is 2.31. The van der Waals surface area contributed by atoms with E-state index >= 15 is 0 Å². The minimum absolute atomic E-state index is 0.0821. The van der Waals surface area contributed by atoms with Crippen LogP contribution in [0.1, 0.15) is 19.9 Å². The van der Waals surface area contributed by atoms with Crippen molar-refractivity contribution in [3.05, 3.63) is 22.7 Å². The van der Waals surface area contributed by atoms with Crippen LogP contribution in [-0.4, -0.2) is 27.1 Å². The number of thioether (sulfide) groups is 1. The molecule has 0 radical (unpaired) electrons. The van der Waals surface area contributed by atoms with Gasteiger partial charge >= 0.3 is 0 Å². The van der Waals surface area contributed by atoms with E-state index in [1.54, 1.807) is 13.8 Å². The summed E-state index contributed by atoms with van der Waals surface area (Å²) >= 11 is 5.28. The maximum atomic E-state index is 11.7. The van der Waals surface area contributed by atoms with E-state index in [1.165, 1.54) is 0 Å². The molecule has 2 heterocycles. The monoisotopic (exact) mass is 381 g/mol. The van der Waals surface area contributed by atoms with Gasteiger partial charge < -0.3 is 9.67 Å². The van der Waals surface area contributed by atoms with Gasteiger partial charge in [-0.15, -0.1) is 10.2 Å². The second-order valence-electron chi connectivity index (χ2n) is 5.59. The lowest BCUT2D eigenvalue weighted by molar-refractivity contribution is -0.121. The van der Waals surface area contributed by atoms with Crippen LogP contribution in [0.3, 0.4) is 0 Å². The van der Waals surface area contributed by atoms with E-state index in [-0.39, 0.29) is 23.7 Å². The van der Waals surface area contributed by atoms with Gasteiger partial charge in [0, 0.05) is 27.3 Å². The normalized spacial score (nSPS) is 15.8. The lowest BCUT2D eigenvalue weighted by atomic mass is 10.2. The highest BCUT2D eigenvalue weighted by molar-refractivity contribution is 9.10. The number of amides is 1. The molecule has 22 heavy (non-hydrogen) atoms. The van der Waals surface area contributed by atoms with Crippen molar-refractivity contribution < 1.29 is 9.90 Å². The summed E-state index contributed by atoms with van der Waals surface area (Å²) in [6.45, 7) is 3.54. The van der Waals surface area contributed by atoms with E-state index in [0.29, 0.717) is 5.69 Å². The van der Waals surface area contributed by atoms with Crippen LogP contribution in [0, 0.1) is 5.92 Å². The van der Waals surface area contributed by atoms with Crippen LogP contribution in [0.2, 0.25) is 0 Å². The van der Waals surface area contributed by atoms with Gasteiger partial charge in [-0.3, -0.25) is 4.79 Å². The number of hydrogen-bond acceptors (Lipinski definition) is 4. The second kappa shape index (κ2) is 6.04. The van der Waals surface area contributed by atoms with E-state index in [9.17, 15) is 9.90 Å². The van der Waals surface area contributed by atoms with E-state index in [2.05, 4.69) is 26.2 Å². The number of carbonyl (C=O) groups excluding carboxylic acids is 1. The van der Waals surface area contributed by atoms with Crippen molar-refractivity contribution in [1.29, 1.82) is 0 Å². The summed E-state index contributed by atoms with van der Waals surface area (Å²) in [5.74, 6) is 1.51. The Morgan fingerprint density at radius 1 is 1.45 bits per heavy atom. The van der Waals surface area contributed by atoms with Crippen molar-refractivity contribution in [2.75, 3.05) is 11.5 Å². The van der Waals surface area contributed by atoms with Crippen LogP contribution < -0.4 is 0 Å². The summed E-state index contributed by atoms with van der Waals surface area (Å²) in [5, 5.41) is 19.1. The number of halogens is 1. The van der Waals surface area contributed by atoms with Crippen molar-refractivity contribution in [2.24, 2.45) is 16.1 Å². The van der Waals surface area contributed by atoms with Gasteiger partial charge in [0.05, 0.1) is 11.6 Å². The second-order valence-corrected chi connectivity index (χ2v) is 7.58. The third-order valence-electron chi connectivity index (χ3n) is 3.64. The zero-order valence-corrected chi connectivity index (χ0v) is 14.7. The molecule has 1 N–H and O–H groups in total. The zero-order chi connectivity index (χ0) is 15.9. The predicted octanol–water partition coefficient (Wildman–Crippen LogP) is 4.66. The van der Waals surface area contributed by atoms with Gasteiger partial charge in [0.1, 0.15) is 0 Å². The Hall–Kier alpha value is -1.34. The first-order chi connectivity index (χ1) is 10.5. The molecule has 1 amide bonds. The number of aromatic hydroxyl groups is 1. The standard InChI is InChI=1S/C15H16BrN3O2S/c1-8(2)14(20)18-17-13-11-5-9(16)3-4-12(11)19(15(13)21)10-6-22-7-10/h3-5,8,10,21H,6-7H2,1-2H3. The summed E-state index contributed by atoms with van der Waals surface area (Å²) in [6, 6.07) is 6.04. The largest absolute Gasteiger partial charge is 0.493 e. The molecule has 116 valence electrons. The number of fused-ring (bicyclic) bond motifs is 1. The van der Waals surface area contributed by atoms with E-state index in [0.717, 1.165) is 26.9 Å². The Kier molecular flexibility index (Phi) is 4.27. The number of rotatable bonds is 3. The molecule has 0 unspecified atom stereocenters. The number of nitrogens with zero attached hydrogens (tertiary/aromatic N) is 3. The molecule has 3 rings (SSSR count). The maximum Gasteiger partial charge on any atom is 0.267 e. The Morgan fingerprint density at radius 3 is 2.77 bits per heavy atom. The Labute approximate surface area is 140 Å². The van der Waals surface area contributed by atoms with Gasteiger partial charge in [0.15, 0.2) is 5.69 Å². The van der Waals surface area contributed by atoms with Crippen molar-refractivity contribution >= 4 is 50.2 Å². The minimum Gasteiger partial charge on any atom is -0.493 e. The van der Waals surface area contributed by atoms with E-state index in [1.807, 2.05) is 34.5 Å². The van der Waals surface area contributed by atoms with Crippen LogP contribution in [0.15, 0.2) is 32.9 Å². The van der Waals surface area contributed by atoms with Gasteiger partial charge in [-0.1, -0.05) is 29.8 Å². The summed E-state index contributed by atoms with van der Waals surface area (Å²) in [4.78, 5) is 11.7. The third-order valence-corrected chi connectivity index (χ3v) is 5.38. The highest BCUT2D eigenvalue weighted by Gasteiger charge is 2.27. The van der Waals surface area contributed by atoms with Crippen molar-refractivity contribution in [2.45, 2.75) is 19.9 Å². The smallest absolute Gasteiger partial charge is 0.267 e. The highest BCUT2D eigenvalue weighted by atomic mass is 79.9. The summed E-state index contributed by atoms with van der Waals surface area (Å²) in [6.07, 6.45) is 0. The van der Waals surface area contributed by atoms with Gasteiger partial charge in [-0.2, -0.15) is 11.8 Å². The first-order valence-corrected chi connectivity index (χ1v) is 8.99. The van der Waals surface area contributed by atoms with Crippen LogP contribution >= 0.6 is 27.7 Å². The van der Waals surface area contributed by atoms with Gasteiger partial charge in [-0.05, 0) is 18.2 Å². The van der Waals surface area contributed by atoms with Crippen molar-refractivity contribution in [1.82, 2.24) is 4.57 Å². The number of aromatic nitrogens is 1. The number of hydrogen-bond donors (Lipinski definition) is 1. The Balaban J connectivity index is 2.14. The molecular formula is C15H16BrN3O2S. The van der Waals surface area contributed by atoms with E-state index in [4.69, 9.17) is 0 Å².